The van der Waals surface area contributed by atoms with Gasteiger partial charge in [0.2, 0.25) is 5.96 Å². The summed E-state index contributed by atoms with van der Waals surface area (Å²) in [5.41, 5.74) is 11.0. The molecule has 0 saturated heterocycles. The number of phenols is 2. The normalized spacial score (nSPS) is 11.9. The molecule has 0 amide bonds. The van der Waals surface area contributed by atoms with Crippen LogP contribution in [-0.2, 0) is 0 Å². The molecule has 0 fully saturated rings. The molecular weight excluding hydrogens is 358 g/mol. The topological polar surface area (TPSA) is 122 Å². The number of hydrogen-bond acceptors (Lipinski definition) is 7. The van der Waals surface area contributed by atoms with Crippen molar-refractivity contribution in [2.24, 2.45) is 21.0 Å². The molecule has 5 N–H and O–H groups in total. The van der Waals surface area contributed by atoms with Gasteiger partial charge in [-0.05, 0) is 24.3 Å². The molecule has 0 saturated carbocycles. The minimum absolute atomic E-state index is 0.0405. The second kappa shape index (κ2) is 9.26. The van der Waals surface area contributed by atoms with Crippen molar-refractivity contribution in [2.45, 2.75) is 0 Å². The van der Waals surface area contributed by atoms with Crippen molar-refractivity contribution >= 4 is 29.8 Å². The van der Waals surface area contributed by atoms with Crippen LogP contribution in [0.3, 0.4) is 0 Å². The molecule has 2 rings (SSSR count). The van der Waals surface area contributed by atoms with E-state index in [-0.39, 0.29) is 17.5 Å². The van der Waals surface area contributed by atoms with Crippen molar-refractivity contribution in [3.63, 3.8) is 0 Å². The summed E-state index contributed by atoms with van der Waals surface area (Å²) >= 11 is 0. The monoisotopic (exact) mass is 383 g/mol. The lowest BCUT2D eigenvalue weighted by Gasteiger charge is -2.13. The SMILES string of the molecule is CN(C)c1ccc(/C=N/N=C(\N)N/N=C/c2ccc(N(C)C)cc2O)c(O)c1. The number of nitrogens with zero attached hydrogens (tertiary/aromatic N) is 5. The molecule has 2 aromatic rings. The molecule has 0 aliphatic rings. The summed E-state index contributed by atoms with van der Waals surface area (Å²) in [7, 11) is 7.54. The van der Waals surface area contributed by atoms with Crippen LogP contribution in [0.2, 0.25) is 0 Å². The number of rotatable bonds is 6. The maximum absolute atomic E-state index is 10.00. The summed E-state index contributed by atoms with van der Waals surface area (Å²) in [5.74, 6) is 0.148. The first-order valence-corrected chi connectivity index (χ1v) is 8.44. The Bertz CT molecular complexity index is 905. The Kier molecular flexibility index (Phi) is 6.80. The van der Waals surface area contributed by atoms with E-state index in [9.17, 15) is 10.2 Å². The lowest BCUT2D eigenvalue weighted by molar-refractivity contribution is 0.474. The van der Waals surface area contributed by atoms with Crippen LogP contribution >= 0.6 is 0 Å². The van der Waals surface area contributed by atoms with Crippen molar-refractivity contribution in [3.8, 4) is 11.5 Å². The summed E-state index contributed by atoms with van der Waals surface area (Å²) in [6, 6.07) is 10.4. The largest absolute Gasteiger partial charge is 0.507 e. The van der Waals surface area contributed by atoms with Crippen molar-refractivity contribution in [1.29, 1.82) is 0 Å². The molecule has 0 aliphatic heterocycles. The van der Waals surface area contributed by atoms with E-state index in [2.05, 4.69) is 20.7 Å². The van der Waals surface area contributed by atoms with Crippen LogP contribution in [0.5, 0.6) is 11.5 Å². The van der Waals surface area contributed by atoms with Gasteiger partial charge in [-0.2, -0.15) is 10.2 Å². The molecule has 0 spiro atoms. The number of benzene rings is 2. The third kappa shape index (κ3) is 5.63. The maximum Gasteiger partial charge on any atom is 0.234 e. The fraction of sp³-hybridized carbons (Fsp3) is 0.211. The Balaban J connectivity index is 1.97. The van der Waals surface area contributed by atoms with Gasteiger partial charge in [0.15, 0.2) is 0 Å². The van der Waals surface area contributed by atoms with E-state index >= 15 is 0 Å². The fourth-order valence-corrected chi connectivity index (χ4v) is 2.18. The number of nitrogens with one attached hydrogen (secondary N) is 1. The first-order valence-electron chi connectivity index (χ1n) is 8.44. The van der Waals surface area contributed by atoms with Crippen LogP contribution in [0, 0.1) is 0 Å². The van der Waals surface area contributed by atoms with E-state index in [1.54, 1.807) is 24.3 Å². The number of hydrazone groups is 1. The van der Waals surface area contributed by atoms with Gasteiger partial charge in [-0.1, -0.05) is 0 Å². The second-order valence-electron chi connectivity index (χ2n) is 6.37. The smallest absolute Gasteiger partial charge is 0.234 e. The summed E-state index contributed by atoms with van der Waals surface area (Å²) in [6.07, 6.45) is 2.81. The van der Waals surface area contributed by atoms with Crippen LogP contribution in [0.1, 0.15) is 11.1 Å². The summed E-state index contributed by atoms with van der Waals surface area (Å²) < 4.78 is 0. The van der Waals surface area contributed by atoms with Crippen LogP contribution in [0.4, 0.5) is 11.4 Å². The molecule has 0 heterocycles. The first-order chi connectivity index (χ1) is 13.3. The van der Waals surface area contributed by atoms with Gasteiger partial charge in [0, 0.05) is 62.8 Å². The highest BCUT2D eigenvalue weighted by molar-refractivity contribution is 5.87. The average Bonchev–Trinajstić information content (AvgIpc) is 2.64. The van der Waals surface area contributed by atoms with E-state index in [1.165, 1.54) is 12.4 Å². The van der Waals surface area contributed by atoms with Gasteiger partial charge >= 0.3 is 0 Å². The van der Waals surface area contributed by atoms with Gasteiger partial charge in [0.05, 0.1) is 12.4 Å². The zero-order valence-corrected chi connectivity index (χ0v) is 16.3. The number of hydrogen-bond donors (Lipinski definition) is 4. The van der Waals surface area contributed by atoms with E-state index in [0.29, 0.717) is 11.1 Å². The van der Waals surface area contributed by atoms with Gasteiger partial charge in [-0.15, -0.1) is 5.10 Å². The minimum atomic E-state index is -0.0405. The van der Waals surface area contributed by atoms with Gasteiger partial charge in [0.1, 0.15) is 11.5 Å². The quantitative estimate of drug-likeness (QED) is 0.341. The number of guanidine groups is 1. The maximum atomic E-state index is 10.00. The molecule has 28 heavy (non-hydrogen) atoms. The van der Waals surface area contributed by atoms with E-state index < -0.39 is 0 Å². The molecule has 0 aliphatic carbocycles. The van der Waals surface area contributed by atoms with E-state index in [0.717, 1.165) is 11.4 Å². The summed E-state index contributed by atoms with van der Waals surface area (Å²) in [5, 5.41) is 31.5. The summed E-state index contributed by atoms with van der Waals surface area (Å²) in [4.78, 5) is 3.76. The standard InChI is InChI=1S/C19H25N7O2/c1-25(2)15-7-5-13(17(27)9-15)11-21-23-19(20)24-22-12-14-6-8-16(26(3)4)10-18(14)28/h5-12,27-28H,1-4H3,(H3,20,23,24)/b21-11+,22-12+. The molecule has 148 valence electrons. The van der Waals surface area contributed by atoms with Crippen molar-refractivity contribution in [1.82, 2.24) is 5.43 Å². The van der Waals surface area contributed by atoms with E-state index in [1.807, 2.05) is 50.1 Å². The minimum Gasteiger partial charge on any atom is -0.507 e. The molecule has 0 aromatic heterocycles. The van der Waals surface area contributed by atoms with Gasteiger partial charge in [-0.25, -0.2) is 5.43 Å². The molecule has 0 bridgehead atoms. The van der Waals surface area contributed by atoms with Crippen LogP contribution in [0.15, 0.2) is 51.7 Å². The van der Waals surface area contributed by atoms with Gasteiger partial charge in [0.25, 0.3) is 0 Å². The Morgan fingerprint density at radius 3 is 1.86 bits per heavy atom. The zero-order chi connectivity index (χ0) is 20.7. The third-order valence-corrected chi connectivity index (χ3v) is 3.81. The molecule has 9 heteroatoms. The van der Waals surface area contributed by atoms with Gasteiger partial charge in [-0.3, -0.25) is 0 Å². The van der Waals surface area contributed by atoms with E-state index in [4.69, 9.17) is 5.73 Å². The predicted octanol–water partition coefficient (Wildman–Crippen LogP) is 1.50. The first kappa shape index (κ1) is 20.6. The number of anilines is 2. The molecule has 9 nitrogen and oxygen atoms in total. The molecule has 0 radical (unpaired) electrons. The molecular formula is C19H25N7O2. The summed E-state index contributed by atoms with van der Waals surface area (Å²) in [6.45, 7) is 0. The lowest BCUT2D eigenvalue weighted by atomic mass is 10.2. The van der Waals surface area contributed by atoms with Crippen LogP contribution in [-0.4, -0.2) is 56.8 Å². The Morgan fingerprint density at radius 1 is 0.893 bits per heavy atom. The van der Waals surface area contributed by atoms with Crippen molar-refractivity contribution in [3.05, 3.63) is 47.5 Å². The molecule has 0 unspecified atom stereocenters. The Labute approximate surface area is 164 Å². The van der Waals surface area contributed by atoms with Crippen LogP contribution in [0.25, 0.3) is 0 Å². The van der Waals surface area contributed by atoms with Crippen molar-refractivity contribution < 1.29 is 10.2 Å². The highest BCUT2D eigenvalue weighted by Crippen LogP contribution is 2.23. The number of nitrogens with two attached hydrogens (primary N) is 1. The number of phenolic OH excluding ortho intramolecular Hbond substituents is 2. The third-order valence-electron chi connectivity index (χ3n) is 3.81. The average molecular weight is 383 g/mol. The highest BCUT2D eigenvalue weighted by atomic mass is 16.3. The zero-order valence-electron chi connectivity index (χ0n) is 16.3. The van der Waals surface area contributed by atoms with Gasteiger partial charge < -0.3 is 25.7 Å². The molecule has 2 aromatic carbocycles. The predicted molar refractivity (Wildman–Crippen MR) is 115 cm³/mol. The Hall–Kier alpha value is -3.75. The lowest BCUT2D eigenvalue weighted by Crippen LogP contribution is -2.26. The van der Waals surface area contributed by atoms with Crippen LogP contribution < -0.4 is 21.0 Å². The van der Waals surface area contributed by atoms with Crippen molar-refractivity contribution in [2.75, 3.05) is 38.0 Å². The fourth-order valence-electron chi connectivity index (χ4n) is 2.18. The Morgan fingerprint density at radius 2 is 1.39 bits per heavy atom. The molecule has 0 atom stereocenters. The second-order valence-corrected chi connectivity index (χ2v) is 6.37. The highest BCUT2D eigenvalue weighted by Gasteiger charge is 2.03. The number of aromatic hydroxyl groups is 2.